The van der Waals surface area contributed by atoms with Gasteiger partial charge in [-0.3, -0.25) is 4.99 Å². The van der Waals surface area contributed by atoms with Gasteiger partial charge in [0, 0.05) is 0 Å². The van der Waals surface area contributed by atoms with Gasteiger partial charge in [0.15, 0.2) is 0 Å². The summed E-state index contributed by atoms with van der Waals surface area (Å²) < 4.78 is 0. The van der Waals surface area contributed by atoms with Gasteiger partial charge in [-0.2, -0.15) is 0 Å². The molecule has 0 heterocycles. The van der Waals surface area contributed by atoms with Crippen LogP contribution in [0.15, 0.2) is 53.2 Å². The van der Waals surface area contributed by atoms with Gasteiger partial charge >= 0.3 is 0 Å². The summed E-state index contributed by atoms with van der Waals surface area (Å²) in [6.45, 7) is 11.0. The highest BCUT2D eigenvalue weighted by atomic mass is 14.7. The number of hydrogen-bond acceptors (Lipinski definition) is 1. The van der Waals surface area contributed by atoms with Crippen molar-refractivity contribution in [1.29, 1.82) is 0 Å². The lowest BCUT2D eigenvalue weighted by Gasteiger charge is -1.99. The maximum absolute atomic E-state index is 3.89. The van der Waals surface area contributed by atoms with Gasteiger partial charge in [0.25, 0.3) is 0 Å². The zero-order valence-electron chi connectivity index (χ0n) is 7.75. The highest BCUT2D eigenvalue weighted by Crippen LogP contribution is 2.12. The molecule has 0 fully saturated rings. The molecule has 0 aromatic heterocycles. The third kappa shape index (κ3) is 3.15. The maximum atomic E-state index is 3.89. The lowest BCUT2D eigenvalue weighted by molar-refractivity contribution is 1.34. The number of nitrogens with zero attached hydrogens (tertiary/aromatic N) is 1. The zero-order valence-corrected chi connectivity index (χ0v) is 7.75. The molecule has 0 aliphatic heterocycles. The van der Waals surface area contributed by atoms with Crippen molar-refractivity contribution in [2.45, 2.75) is 13.8 Å². The van der Waals surface area contributed by atoms with Crippen LogP contribution in [0.1, 0.15) is 13.8 Å². The van der Waals surface area contributed by atoms with Crippen LogP contribution >= 0.6 is 0 Å². The molecule has 1 heteroatoms. The quantitative estimate of drug-likeness (QED) is 0.443. The standard InChI is InChI=1S/C11H15N/c1-5-8-10(9-6-2)11(7-3)12-4/h5-9H,1,4H2,2-3H3/b9-6-,10-8-,11-7+. The first kappa shape index (κ1) is 10.6. The third-order valence-electron chi connectivity index (χ3n) is 1.38. The molecule has 0 aromatic carbocycles. The second kappa shape index (κ2) is 6.35. The highest BCUT2D eigenvalue weighted by Gasteiger charge is 1.94. The Labute approximate surface area is 74.5 Å². The van der Waals surface area contributed by atoms with Gasteiger partial charge in [0.05, 0.1) is 5.70 Å². The van der Waals surface area contributed by atoms with Crippen molar-refractivity contribution in [3.8, 4) is 0 Å². The normalized spacial score (nSPS) is 13.5. The molecule has 12 heavy (non-hydrogen) atoms. The van der Waals surface area contributed by atoms with Gasteiger partial charge in [-0.1, -0.05) is 37.0 Å². The van der Waals surface area contributed by atoms with Crippen LogP contribution in [0.4, 0.5) is 0 Å². The van der Waals surface area contributed by atoms with E-state index in [2.05, 4.69) is 18.3 Å². The molecular weight excluding hydrogens is 146 g/mol. The Kier molecular flexibility index (Phi) is 5.62. The molecule has 0 aromatic rings. The minimum absolute atomic E-state index is 0.882. The molecule has 0 amide bonds. The molecule has 0 spiro atoms. The Morgan fingerprint density at radius 2 is 2.00 bits per heavy atom. The van der Waals surface area contributed by atoms with E-state index in [0.717, 1.165) is 11.3 Å². The number of allylic oxidation sites excluding steroid dienone is 5. The van der Waals surface area contributed by atoms with E-state index >= 15 is 0 Å². The van der Waals surface area contributed by atoms with Gasteiger partial charge in [-0.05, 0) is 26.1 Å². The lowest BCUT2D eigenvalue weighted by atomic mass is 10.1. The van der Waals surface area contributed by atoms with Gasteiger partial charge in [0.1, 0.15) is 0 Å². The smallest absolute Gasteiger partial charge is 0.0651 e. The molecule has 0 aliphatic rings. The predicted molar refractivity (Wildman–Crippen MR) is 56.4 cm³/mol. The van der Waals surface area contributed by atoms with Gasteiger partial charge < -0.3 is 0 Å². The summed E-state index contributed by atoms with van der Waals surface area (Å²) >= 11 is 0. The fourth-order valence-electron chi connectivity index (χ4n) is 0.882. The van der Waals surface area contributed by atoms with E-state index in [1.165, 1.54) is 0 Å². The topological polar surface area (TPSA) is 12.4 Å². The average Bonchev–Trinajstić information content (AvgIpc) is 2.07. The van der Waals surface area contributed by atoms with E-state index in [1.54, 1.807) is 6.08 Å². The zero-order chi connectivity index (χ0) is 9.40. The van der Waals surface area contributed by atoms with Crippen LogP contribution in [-0.2, 0) is 0 Å². The number of rotatable bonds is 4. The van der Waals surface area contributed by atoms with Gasteiger partial charge in [-0.15, -0.1) is 0 Å². The van der Waals surface area contributed by atoms with E-state index < -0.39 is 0 Å². The fraction of sp³-hybridized carbons (Fsp3) is 0.182. The third-order valence-corrected chi connectivity index (χ3v) is 1.38. The van der Waals surface area contributed by atoms with E-state index in [1.807, 2.05) is 38.2 Å². The Balaban J connectivity index is 4.84. The lowest BCUT2D eigenvalue weighted by Crippen LogP contribution is -1.81. The molecule has 0 bridgehead atoms. The number of hydrogen-bond donors (Lipinski definition) is 0. The second-order valence-corrected chi connectivity index (χ2v) is 2.19. The Morgan fingerprint density at radius 1 is 1.33 bits per heavy atom. The van der Waals surface area contributed by atoms with Crippen molar-refractivity contribution < 1.29 is 0 Å². The first-order valence-electron chi connectivity index (χ1n) is 3.89. The predicted octanol–water partition coefficient (Wildman–Crippen LogP) is 3.28. The summed E-state index contributed by atoms with van der Waals surface area (Å²) in [6.07, 6.45) is 9.51. The van der Waals surface area contributed by atoms with E-state index in [4.69, 9.17) is 0 Å². The van der Waals surface area contributed by atoms with E-state index in [-0.39, 0.29) is 0 Å². The molecule has 1 nitrogen and oxygen atoms in total. The molecule has 64 valence electrons. The van der Waals surface area contributed by atoms with Gasteiger partial charge in [-0.25, -0.2) is 0 Å². The Morgan fingerprint density at radius 3 is 2.33 bits per heavy atom. The first-order valence-corrected chi connectivity index (χ1v) is 3.89. The van der Waals surface area contributed by atoms with Crippen LogP contribution in [-0.4, -0.2) is 6.72 Å². The maximum Gasteiger partial charge on any atom is 0.0651 e. The summed E-state index contributed by atoms with van der Waals surface area (Å²) in [6, 6.07) is 0. The Bertz CT molecular complexity index is 242. The molecule has 0 radical (unpaired) electrons. The van der Waals surface area contributed by atoms with Crippen LogP contribution < -0.4 is 0 Å². The van der Waals surface area contributed by atoms with Crippen LogP contribution in [0.2, 0.25) is 0 Å². The minimum atomic E-state index is 0.882. The highest BCUT2D eigenvalue weighted by molar-refractivity contribution is 5.45. The summed E-state index contributed by atoms with van der Waals surface area (Å²) in [4.78, 5) is 3.89. The summed E-state index contributed by atoms with van der Waals surface area (Å²) in [5, 5.41) is 0. The van der Waals surface area contributed by atoms with Gasteiger partial charge in [0.2, 0.25) is 0 Å². The van der Waals surface area contributed by atoms with Crippen molar-refractivity contribution >= 4 is 6.72 Å². The number of aliphatic imine (C=N–C) groups is 1. The largest absolute Gasteiger partial charge is 0.264 e. The van der Waals surface area contributed by atoms with E-state index in [0.29, 0.717) is 0 Å². The summed E-state index contributed by atoms with van der Waals surface area (Å²) in [5.41, 5.74) is 1.91. The molecule has 0 atom stereocenters. The summed E-state index contributed by atoms with van der Waals surface area (Å²) in [5.74, 6) is 0. The molecule has 0 N–H and O–H groups in total. The fourth-order valence-corrected chi connectivity index (χ4v) is 0.882. The first-order chi connectivity index (χ1) is 5.79. The van der Waals surface area contributed by atoms with Crippen molar-refractivity contribution in [1.82, 2.24) is 0 Å². The van der Waals surface area contributed by atoms with Crippen molar-refractivity contribution in [2.75, 3.05) is 0 Å². The molecule has 0 rings (SSSR count). The summed E-state index contributed by atoms with van der Waals surface area (Å²) in [7, 11) is 0. The van der Waals surface area contributed by atoms with Crippen LogP contribution in [0.5, 0.6) is 0 Å². The van der Waals surface area contributed by atoms with Crippen molar-refractivity contribution in [2.24, 2.45) is 4.99 Å². The molecule has 0 saturated heterocycles. The monoisotopic (exact) mass is 161 g/mol. The van der Waals surface area contributed by atoms with Crippen LogP contribution in [0, 0.1) is 0 Å². The second-order valence-electron chi connectivity index (χ2n) is 2.19. The Hall–Kier alpha value is -1.37. The molecule has 0 saturated carbocycles. The average molecular weight is 161 g/mol. The molecular formula is C11H15N. The molecule has 0 unspecified atom stereocenters. The SMILES string of the molecule is C=C/C=C(/C=C\C)C(=C/C)\N=C. The van der Waals surface area contributed by atoms with Crippen molar-refractivity contribution in [3.05, 3.63) is 48.2 Å². The minimum Gasteiger partial charge on any atom is -0.264 e. The van der Waals surface area contributed by atoms with E-state index in [9.17, 15) is 0 Å². The molecule has 0 aliphatic carbocycles. The van der Waals surface area contributed by atoms with Crippen molar-refractivity contribution in [3.63, 3.8) is 0 Å². The van der Waals surface area contributed by atoms with Crippen LogP contribution in [0.25, 0.3) is 0 Å². The van der Waals surface area contributed by atoms with Crippen LogP contribution in [0.3, 0.4) is 0 Å².